The smallest absolute Gasteiger partial charge is 0.410 e. The summed E-state index contributed by atoms with van der Waals surface area (Å²) in [6.45, 7) is 11.4. The third-order valence-corrected chi connectivity index (χ3v) is 3.70. The van der Waals surface area contributed by atoms with Gasteiger partial charge in [0.2, 0.25) is 0 Å². The number of nitrogens with zero attached hydrogens (tertiary/aromatic N) is 3. The molecule has 0 unspecified atom stereocenters. The second-order valence-electron chi connectivity index (χ2n) is 7.53. The lowest BCUT2D eigenvalue weighted by Crippen LogP contribution is -2.63. The molecule has 9 heteroatoms. The first-order chi connectivity index (χ1) is 11.7. The maximum atomic E-state index is 11.9. The van der Waals surface area contributed by atoms with Crippen LogP contribution >= 0.6 is 24.0 Å². The van der Waals surface area contributed by atoms with Crippen LogP contribution in [0.1, 0.15) is 52.0 Å². The highest BCUT2D eigenvalue weighted by Crippen LogP contribution is 2.15. The van der Waals surface area contributed by atoms with Gasteiger partial charge in [0.25, 0.3) is 0 Å². The molecule has 26 heavy (non-hydrogen) atoms. The zero-order valence-corrected chi connectivity index (χ0v) is 18.7. The van der Waals surface area contributed by atoms with Crippen molar-refractivity contribution in [2.45, 2.75) is 58.7 Å². The Kier molecular flexibility index (Phi) is 8.16. The maximum absolute atomic E-state index is 11.9. The molecule has 0 spiro atoms. The molecule has 1 aliphatic rings. The first kappa shape index (κ1) is 22.5. The minimum atomic E-state index is -0.473. The number of amides is 1. The van der Waals surface area contributed by atoms with Crippen molar-refractivity contribution in [3.8, 4) is 0 Å². The largest absolute Gasteiger partial charge is 0.444 e. The maximum Gasteiger partial charge on any atom is 0.410 e. The van der Waals surface area contributed by atoms with Gasteiger partial charge in [-0.15, -0.1) is 24.0 Å². The first-order valence-electron chi connectivity index (χ1n) is 8.58. The van der Waals surface area contributed by atoms with E-state index in [-0.39, 0.29) is 36.1 Å². The van der Waals surface area contributed by atoms with Gasteiger partial charge in [0.05, 0.1) is 18.3 Å². The van der Waals surface area contributed by atoms with Gasteiger partial charge < -0.3 is 24.8 Å². The second kappa shape index (κ2) is 9.43. The summed E-state index contributed by atoms with van der Waals surface area (Å²) in [4.78, 5) is 17.8. The van der Waals surface area contributed by atoms with Gasteiger partial charge in [0, 0.05) is 26.2 Å². The highest BCUT2D eigenvalue weighted by atomic mass is 127. The van der Waals surface area contributed by atoms with E-state index in [4.69, 9.17) is 9.26 Å². The van der Waals surface area contributed by atoms with Crippen molar-refractivity contribution in [1.29, 1.82) is 0 Å². The van der Waals surface area contributed by atoms with E-state index in [0.29, 0.717) is 31.5 Å². The molecule has 1 aromatic heterocycles. The quantitative estimate of drug-likeness (QED) is 0.392. The summed E-state index contributed by atoms with van der Waals surface area (Å²) in [5.74, 6) is 1.76. The number of ether oxygens (including phenoxy) is 1. The molecule has 0 radical (unpaired) electrons. The molecule has 0 aromatic carbocycles. The molecular formula is C17H30IN5O3. The van der Waals surface area contributed by atoms with Crippen molar-refractivity contribution in [1.82, 2.24) is 20.7 Å². The fraction of sp³-hybridized carbons (Fsp3) is 0.706. The summed E-state index contributed by atoms with van der Waals surface area (Å²) in [7, 11) is 1.71. The Bertz CT molecular complexity index is 618. The Morgan fingerprint density at radius 1 is 1.46 bits per heavy atom. The third-order valence-electron chi connectivity index (χ3n) is 3.70. The highest BCUT2D eigenvalue weighted by molar-refractivity contribution is 14.0. The molecule has 148 valence electrons. The van der Waals surface area contributed by atoms with Crippen LogP contribution in [0, 0.1) is 0 Å². The molecule has 2 rings (SSSR count). The number of halogens is 1. The fourth-order valence-electron chi connectivity index (χ4n) is 2.29. The zero-order chi connectivity index (χ0) is 18.6. The van der Waals surface area contributed by atoms with Crippen molar-refractivity contribution in [3.05, 3.63) is 17.5 Å². The monoisotopic (exact) mass is 479 g/mol. The number of aromatic nitrogens is 1. The SMILES string of the molecule is CN=C(NCc1cc(C(C)C)no1)NC1CN(C(=O)OC(C)(C)C)C1.I. The molecule has 0 bridgehead atoms. The minimum Gasteiger partial charge on any atom is -0.444 e. The average molecular weight is 479 g/mol. The van der Waals surface area contributed by atoms with Crippen LogP contribution in [-0.4, -0.2) is 53.9 Å². The van der Waals surface area contributed by atoms with Gasteiger partial charge in [-0.25, -0.2) is 4.79 Å². The number of carbonyl (C=O) groups excluding carboxylic acids is 1. The van der Waals surface area contributed by atoms with E-state index in [0.717, 1.165) is 11.5 Å². The van der Waals surface area contributed by atoms with Crippen LogP contribution in [0.4, 0.5) is 4.79 Å². The predicted molar refractivity (Wildman–Crippen MR) is 111 cm³/mol. The zero-order valence-electron chi connectivity index (χ0n) is 16.3. The summed E-state index contributed by atoms with van der Waals surface area (Å²) in [5.41, 5.74) is 0.464. The summed E-state index contributed by atoms with van der Waals surface area (Å²) in [6.07, 6.45) is -0.281. The van der Waals surface area contributed by atoms with E-state index in [1.807, 2.05) is 26.8 Å². The lowest BCUT2D eigenvalue weighted by molar-refractivity contribution is 0.00701. The van der Waals surface area contributed by atoms with Crippen LogP contribution in [0.5, 0.6) is 0 Å². The number of aliphatic imine (C=N–C) groups is 1. The molecule has 1 aromatic rings. The summed E-state index contributed by atoms with van der Waals surface area (Å²) < 4.78 is 10.6. The Morgan fingerprint density at radius 2 is 2.12 bits per heavy atom. The number of guanidine groups is 1. The van der Waals surface area contributed by atoms with Crippen LogP contribution in [-0.2, 0) is 11.3 Å². The standard InChI is InChI=1S/C17H29N5O3.HI/c1-11(2)14-7-13(25-21-14)8-19-15(18-6)20-12-9-22(10-12)16(23)24-17(3,4)5;/h7,11-12H,8-10H2,1-6H3,(H2,18,19,20);1H. The highest BCUT2D eigenvalue weighted by Gasteiger charge is 2.34. The molecule has 2 heterocycles. The van der Waals surface area contributed by atoms with Gasteiger partial charge in [0.1, 0.15) is 5.60 Å². The van der Waals surface area contributed by atoms with Crippen LogP contribution < -0.4 is 10.6 Å². The van der Waals surface area contributed by atoms with E-state index in [1.54, 1.807) is 11.9 Å². The first-order valence-corrected chi connectivity index (χ1v) is 8.58. The molecule has 2 N–H and O–H groups in total. The number of carbonyl (C=O) groups is 1. The molecule has 1 saturated heterocycles. The van der Waals surface area contributed by atoms with E-state index in [1.165, 1.54) is 0 Å². The van der Waals surface area contributed by atoms with Gasteiger partial charge in [-0.3, -0.25) is 4.99 Å². The molecule has 0 saturated carbocycles. The molecule has 8 nitrogen and oxygen atoms in total. The van der Waals surface area contributed by atoms with E-state index in [9.17, 15) is 4.79 Å². The number of hydrogen-bond donors (Lipinski definition) is 2. The molecule has 1 amide bonds. The van der Waals surface area contributed by atoms with Crippen molar-refractivity contribution >= 4 is 36.0 Å². The van der Waals surface area contributed by atoms with Gasteiger partial charge >= 0.3 is 6.09 Å². The van der Waals surface area contributed by atoms with Crippen LogP contribution in [0.25, 0.3) is 0 Å². The number of rotatable bonds is 4. The molecule has 0 aliphatic carbocycles. The number of likely N-dealkylation sites (tertiary alicyclic amines) is 1. The van der Waals surface area contributed by atoms with Gasteiger partial charge in [0.15, 0.2) is 11.7 Å². The van der Waals surface area contributed by atoms with Gasteiger partial charge in [-0.05, 0) is 26.7 Å². The fourth-order valence-corrected chi connectivity index (χ4v) is 2.29. The third kappa shape index (κ3) is 6.65. The number of nitrogens with one attached hydrogen (secondary N) is 2. The molecule has 1 aliphatic heterocycles. The van der Waals surface area contributed by atoms with Crippen LogP contribution in [0.2, 0.25) is 0 Å². The van der Waals surface area contributed by atoms with Gasteiger partial charge in [-0.2, -0.15) is 0 Å². The van der Waals surface area contributed by atoms with Crippen molar-refractivity contribution < 1.29 is 14.1 Å². The van der Waals surface area contributed by atoms with Crippen LogP contribution in [0.3, 0.4) is 0 Å². The topological polar surface area (TPSA) is 92.0 Å². The van der Waals surface area contributed by atoms with E-state index < -0.39 is 5.60 Å². The lowest BCUT2D eigenvalue weighted by atomic mass is 10.1. The Hall–Kier alpha value is -1.52. The Morgan fingerprint density at radius 3 is 2.62 bits per heavy atom. The summed E-state index contributed by atoms with van der Waals surface area (Å²) >= 11 is 0. The summed E-state index contributed by atoms with van der Waals surface area (Å²) in [6, 6.07) is 2.10. The molecule has 0 atom stereocenters. The normalized spacial score (nSPS) is 15.3. The van der Waals surface area contributed by atoms with Crippen molar-refractivity contribution in [2.24, 2.45) is 4.99 Å². The Labute approximate surface area is 172 Å². The average Bonchev–Trinajstić information content (AvgIpc) is 2.92. The minimum absolute atomic E-state index is 0. The lowest BCUT2D eigenvalue weighted by Gasteiger charge is -2.40. The number of hydrogen-bond acceptors (Lipinski definition) is 5. The predicted octanol–water partition coefficient (Wildman–Crippen LogP) is 2.70. The Balaban J connectivity index is 0.00000338. The van der Waals surface area contributed by atoms with Gasteiger partial charge in [-0.1, -0.05) is 19.0 Å². The van der Waals surface area contributed by atoms with Crippen LogP contribution in [0.15, 0.2) is 15.6 Å². The van der Waals surface area contributed by atoms with Crippen molar-refractivity contribution in [3.63, 3.8) is 0 Å². The summed E-state index contributed by atoms with van der Waals surface area (Å²) in [5, 5.41) is 10.5. The molecular weight excluding hydrogens is 449 g/mol. The van der Waals surface area contributed by atoms with E-state index in [2.05, 4.69) is 34.6 Å². The van der Waals surface area contributed by atoms with Crippen molar-refractivity contribution in [2.75, 3.05) is 20.1 Å². The second-order valence-corrected chi connectivity index (χ2v) is 7.53. The molecule has 1 fully saturated rings. The van der Waals surface area contributed by atoms with E-state index >= 15 is 0 Å².